The number of carbonyl (C=O) groups excluding carboxylic acids is 2. The number of hydrogen-bond acceptors (Lipinski definition) is 3. The van der Waals surface area contributed by atoms with E-state index in [1.165, 1.54) is 41.1 Å². The molecule has 10 heteroatoms. The molecule has 1 aliphatic carbocycles. The van der Waals surface area contributed by atoms with Crippen LogP contribution in [-0.2, 0) is 6.18 Å². The van der Waals surface area contributed by atoms with Gasteiger partial charge in [-0.2, -0.15) is 18.4 Å². The van der Waals surface area contributed by atoms with Crippen molar-refractivity contribution >= 4 is 23.3 Å². The zero-order chi connectivity index (χ0) is 23.9. The van der Waals surface area contributed by atoms with Gasteiger partial charge >= 0.3 is 12.2 Å². The van der Waals surface area contributed by atoms with Gasteiger partial charge in [0, 0.05) is 18.4 Å². The van der Waals surface area contributed by atoms with E-state index in [-0.39, 0.29) is 16.9 Å². The number of nitrogens with one attached hydrogen (secondary N) is 1. The Bertz CT molecular complexity index is 1200. The zero-order valence-electron chi connectivity index (χ0n) is 17.4. The highest BCUT2D eigenvalue weighted by Gasteiger charge is 2.47. The molecule has 1 saturated heterocycles. The Labute approximate surface area is 186 Å². The van der Waals surface area contributed by atoms with Crippen molar-refractivity contribution in [1.82, 2.24) is 5.32 Å². The number of hydrogen-bond donors (Lipinski definition) is 1. The Morgan fingerprint density at radius 1 is 1.06 bits per heavy atom. The normalized spacial score (nSPS) is 19.9. The number of alkyl halides is 3. The lowest BCUT2D eigenvalue weighted by Crippen LogP contribution is -2.38. The summed E-state index contributed by atoms with van der Waals surface area (Å²) in [5, 5.41) is 11.4. The summed E-state index contributed by atoms with van der Waals surface area (Å²) in [5.74, 6) is -1.44. The van der Waals surface area contributed by atoms with Crippen molar-refractivity contribution in [3.63, 3.8) is 0 Å². The molecule has 2 aliphatic rings. The van der Waals surface area contributed by atoms with E-state index in [4.69, 9.17) is 5.26 Å². The molecule has 1 heterocycles. The van der Waals surface area contributed by atoms with Crippen LogP contribution in [0.4, 0.5) is 33.7 Å². The second-order valence-corrected chi connectivity index (χ2v) is 7.68. The number of urea groups is 1. The van der Waals surface area contributed by atoms with Gasteiger partial charge in [-0.1, -0.05) is 12.2 Å². The summed E-state index contributed by atoms with van der Waals surface area (Å²) in [7, 11) is 1.36. The third-order valence-corrected chi connectivity index (χ3v) is 5.85. The van der Waals surface area contributed by atoms with E-state index in [0.717, 1.165) is 18.2 Å². The molecule has 3 amide bonds. The van der Waals surface area contributed by atoms with Gasteiger partial charge < -0.3 is 5.32 Å². The van der Waals surface area contributed by atoms with E-state index >= 15 is 0 Å². The monoisotopic (exact) mass is 458 g/mol. The van der Waals surface area contributed by atoms with Crippen LogP contribution in [0.2, 0.25) is 0 Å². The molecule has 6 nitrogen and oxygen atoms in total. The summed E-state index contributed by atoms with van der Waals surface area (Å²) in [4.78, 5) is 27.9. The first-order valence-corrected chi connectivity index (χ1v) is 10.1. The summed E-state index contributed by atoms with van der Waals surface area (Å²) in [6, 6.07) is 6.89. The quantitative estimate of drug-likeness (QED) is 0.539. The van der Waals surface area contributed by atoms with Crippen LogP contribution in [0.15, 0.2) is 48.6 Å². The highest BCUT2D eigenvalue weighted by Crippen LogP contribution is 2.41. The van der Waals surface area contributed by atoms with Gasteiger partial charge in [0.15, 0.2) is 0 Å². The maximum atomic E-state index is 14.6. The molecule has 1 fully saturated rings. The van der Waals surface area contributed by atoms with Crippen molar-refractivity contribution < 1.29 is 27.2 Å². The molecule has 33 heavy (non-hydrogen) atoms. The summed E-state index contributed by atoms with van der Waals surface area (Å²) >= 11 is 0. The molecular formula is C23H18F4N4O2. The van der Waals surface area contributed by atoms with Crippen LogP contribution < -0.4 is 15.1 Å². The predicted octanol–water partition coefficient (Wildman–Crippen LogP) is 4.61. The Morgan fingerprint density at radius 3 is 2.15 bits per heavy atom. The van der Waals surface area contributed by atoms with Crippen molar-refractivity contribution in [2.75, 3.05) is 16.8 Å². The molecule has 2 aromatic carbocycles. The molecule has 2 aromatic rings. The van der Waals surface area contributed by atoms with E-state index < -0.39 is 47.1 Å². The molecule has 0 saturated carbocycles. The average Bonchev–Trinajstić information content (AvgIpc) is 3.09. The van der Waals surface area contributed by atoms with Crippen LogP contribution >= 0.6 is 0 Å². The average molecular weight is 458 g/mol. The van der Waals surface area contributed by atoms with Crippen molar-refractivity contribution in [3.8, 4) is 6.07 Å². The maximum absolute atomic E-state index is 14.6. The summed E-state index contributed by atoms with van der Waals surface area (Å²) in [5.41, 5.74) is -1.66. The Balaban J connectivity index is 1.78. The fraction of sp³-hybridized carbons (Fsp3) is 0.261. The second kappa shape index (κ2) is 8.24. The molecule has 4 rings (SSSR count). The Morgan fingerprint density at radius 2 is 1.64 bits per heavy atom. The lowest BCUT2D eigenvalue weighted by molar-refractivity contribution is -0.137. The number of anilines is 2. The van der Waals surface area contributed by atoms with E-state index in [1.54, 1.807) is 0 Å². The van der Waals surface area contributed by atoms with Crippen molar-refractivity contribution in [2.24, 2.45) is 0 Å². The molecule has 0 unspecified atom stereocenters. The van der Waals surface area contributed by atoms with Crippen molar-refractivity contribution in [1.29, 1.82) is 5.26 Å². The van der Waals surface area contributed by atoms with Gasteiger partial charge in [0.2, 0.25) is 0 Å². The summed E-state index contributed by atoms with van der Waals surface area (Å²) in [6.45, 7) is 0. The SMILES string of the molecule is CNC(=O)c1ccc(N2C(=O)N(c3ccc(C#N)c(C(F)(F)F)c3)[C@H]3CC=CC[C@@H]32)cc1F. The van der Waals surface area contributed by atoms with Crippen LogP contribution in [-0.4, -0.2) is 31.1 Å². The fourth-order valence-electron chi connectivity index (χ4n) is 4.33. The first-order chi connectivity index (χ1) is 15.7. The molecule has 2 atom stereocenters. The van der Waals surface area contributed by atoms with Gasteiger partial charge in [0.05, 0.1) is 34.8 Å². The fourth-order valence-corrected chi connectivity index (χ4v) is 4.33. The predicted molar refractivity (Wildman–Crippen MR) is 112 cm³/mol. The number of benzene rings is 2. The van der Waals surface area contributed by atoms with Gasteiger partial charge in [-0.25, -0.2) is 9.18 Å². The van der Waals surface area contributed by atoms with Crippen LogP contribution in [0, 0.1) is 17.1 Å². The lowest BCUT2D eigenvalue weighted by Gasteiger charge is -2.29. The van der Waals surface area contributed by atoms with Crippen molar-refractivity contribution in [2.45, 2.75) is 31.1 Å². The van der Waals surface area contributed by atoms with Crippen LogP contribution in [0.3, 0.4) is 0 Å². The first kappa shape index (κ1) is 22.3. The maximum Gasteiger partial charge on any atom is 0.417 e. The minimum absolute atomic E-state index is 0.00146. The van der Waals surface area contributed by atoms with Gasteiger partial charge in [0.25, 0.3) is 5.91 Å². The number of halogens is 4. The van der Waals surface area contributed by atoms with Gasteiger partial charge in [-0.15, -0.1) is 0 Å². The number of nitrogens with zero attached hydrogens (tertiary/aromatic N) is 3. The number of nitriles is 1. The molecule has 0 bridgehead atoms. The number of fused-ring (bicyclic) bond motifs is 1. The van der Waals surface area contributed by atoms with Crippen LogP contribution in [0.1, 0.15) is 34.3 Å². The van der Waals surface area contributed by atoms with E-state index in [0.29, 0.717) is 12.8 Å². The first-order valence-electron chi connectivity index (χ1n) is 10.1. The third-order valence-electron chi connectivity index (χ3n) is 5.85. The topological polar surface area (TPSA) is 76.4 Å². The van der Waals surface area contributed by atoms with Crippen LogP contribution in [0.5, 0.6) is 0 Å². The van der Waals surface area contributed by atoms with Crippen molar-refractivity contribution in [3.05, 3.63) is 71.1 Å². The molecule has 0 spiro atoms. The smallest absolute Gasteiger partial charge is 0.355 e. The van der Waals surface area contributed by atoms with E-state index in [1.807, 2.05) is 12.2 Å². The van der Waals surface area contributed by atoms with E-state index in [9.17, 15) is 27.2 Å². The third kappa shape index (κ3) is 3.80. The highest BCUT2D eigenvalue weighted by molar-refractivity contribution is 6.08. The Hall–Kier alpha value is -3.87. The molecule has 170 valence electrons. The largest absolute Gasteiger partial charge is 0.417 e. The minimum Gasteiger partial charge on any atom is -0.355 e. The van der Waals surface area contributed by atoms with Gasteiger partial charge in [0.1, 0.15) is 5.82 Å². The highest BCUT2D eigenvalue weighted by atomic mass is 19.4. The molecule has 1 N–H and O–H groups in total. The second-order valence-electron chi connectivity index (χ2n) is 7.68. The molecular weight excluding hydrogens is 440 g/mol. The van der Waals surface area contributed by atoms with Gasteiger partial charge in [-0.05, 0) is 49.2 Å². The summed E-state index contributed by atoms with van der Waals surface area (Å²) < 4.78 is 55.1. The van der Waals surface area contributed by atoms with Gasteiger partial charge in [-0.3, -0.25) is 14.6 Å². The standard InChI is InChI=1S/C23H18F4N4O2/c1-29-21(32)16-9-8-15(11-18(16)24)31-20-5-3-2-4-19(20)30(22(31)33)14-7-6-13(12-28)17(10-14)23(25,26)27/h2-3,6-11,19-20H,4-5H2,1H3,(H,29,32)/t19-,20-/m0/s1. The Kier molecular flexibility index (Phi) is 5.57. The molecule has 1 aliphatic heterocycles. The number of rotatable bonds is 3. The number of amides is 3. The molecule has 0 radical (unpaired) electrons. The molecule has 0 aromatic heterocycles. The van der Waals surface area contributed by atoms with E-state index in [2.05, 4.69) is 5.32 Å². The van der Waals surface area contributed by atoms with Crippen LogP contribution in [0.25, 0.3) is 0 Å². The number of carbonyl (C=O) groups is 2. The minimum atomic E-state index is -4.77. The zero-order valence-corrected chi connectivity index (χ0v) is 17.4. The summed E-state index contributed by atoms with van der Waals surface area (Å²) in [6.07, 6.45) is -0.246. The lowest BCUT2D eigenvalue weighted by atomic mass is 9.94.